The Bertz CT molecular complexity index is 752. The van der Waals surface area contributed by atoms with Crippen LogP contribution < -0.4 is 0 Å². The Labute approximate surface area is 122 Å². The third kappa shape index (κ3) is 3.06. The van der Waals surface area contributed by atoms with E-state index in [0.29, 0.717) is 11.0 Å². The molecule has 0 unspecified atom stereocenters. The molecule has 2 rings (SSSR count). The van der Waals surface area contributed by atoms with Gasteiger partial charge >= 0.3 is 5.97 Å². The fourth-order valence-corrected chi connectivity index (χ4v) is 3.92. The number of aromatic amines is 1. The number of nitrogens with one attached hydrogen (secondary N) is 1. The number of rotatable bonds is 6. The molecule has 8 heteroatoms. The predicted molar refractivity (Wildman–Crippen MR) is 77.4 cm³/mol. The number of aromatic nitrogens is 2. The van der Waals surface area contributed by atoms with Crippen molar-refractivity contribution in [2.24, 2.45) is 0 Å². The summed E-state index contributed by atoms with van der Waals surface area (Å²) in [5, 5.41) is 9.27. The molecule has 0 saturated carbocycles. The van der Waals surface area contributed by atoms with Gasteiger partial charge < -0.3 is 10.1 Å². The molecule has 0 aliphatic heterocycles. The summed E-state index contributed by atoms with van der Waals surface area (Å²) in [6.07, 6.45) is 2.72. The lowest BCUT2D eigenvalue weighted by Crippen LogP contribution is -2.38. The van der Waals surface area contributed by atoms with Crippen molar-refractivity contribution >= 4 is 27.0 Å². The average Bonchev–Trinajstić information content (AvgIpc) is 2.82. The van der Waals surface area contributed by atoms with E-state index >= 15 is 0 Å². The van der Waals surface area contributed by atoms with Crippen LogP contribution in [0.3, 0.4) is 0 Å². The van der Waals surface area contributed by atoms with Crippen molar-refractivity contribution in [2.75, 3.05) is 6.54 Å². The number of fused-ring (bicyclic) bond motifs is 1. The minimum atomic E-state index is -3.78. The van der Waals surface area contributed by atoms with Gasteiger partial charge in [-0.25, -0.2) is 13.4 Å². The van der Waals surface area contributed by atoms with Crippen LogP contribution in [-0.4, -0.2) is 46.4 Å². The molecule has 0 amide bonds. The molecular weight excluding hydrogens is 294 g/mol. The third-order valence-electron chi connectivity index (χ3n) is 3.12. The summed E-state index contributed by atoms with van der Waals surface area (Å²) in [5.41, 5.74) is 0.484. The molecule has 0 aliphatic carbocycles. The standard InChI is InChI=1S/C13H17N3O4S/c1-9(2)16(7-5-12(17)18)21(19,20)11-8-15-13-10(11)4-3-6-14-13/h3-4,6,8-9H,5,7H2,1-2H3,(H,14,15)(H,17,18). The first-order valence-electron chi connectivity index (χ1n) is 6.49. The fraction of sp³-hybridized carbons (Fsp3) is 0.385. The Balaban J connectivity index is 2.45. The average molecular weight is 311 g/mol. The zero-order chi connectivity index (χ0) is 15.6. The van der Waals surface area contributed by atoms with Gasteiger partial charge in [0.05, 0.1) is 6.42 Å². The van der Waals surface area contributed by atoms with Crippen LogP contribution in [-0.2, 0) is 14.8 Å². The lowest BCUT2D eigenvalue weighted by Gasteiger charge is -2.24. The number of hydrogen-bond donors (Lipinski definition) is 2. The van der Waals surface area contributed by atoms with E-state index in [2.05, 4.69) is 9.97 Å². The van der Waals surface area contributed by atoms with Gasteiger partial charge in [0.1, 0.15) is 10.5 Å². The second kappa shape index (κ2) is 5.82. The van der Waals surface area contributed by atoms with Crippen LogP contribution in [0.2, 0.25) is 0 Å². The van der Waals surface area contributed by atoms with E-state index in [1.54, 1.807) is 32.2 Å². The minimum Gasteiger partial charge on any atom is -0.481 e. The van der Waals surface area contributed by atoms with E-state index in [1.165, 1.54) is 10.5 Å². The van der Waals surface area contributed by atoms with Gasteiger partial charge in [-0.2, -0.15) is 4.31 Å². The van der Waals surface area contributed by atoms with Crippen molar-refractivity contribution in [3.8, 4) is 0 Å². The Morgan fingerprint density at radius 1 is 1.48 bits per heavy atom. The molecule has 2 heterocycles. The Kier molecular flexibility index (Phi) is 4.29. The molecular formula is C13H17N3O4S. The maximum absolute atomic E-state index is 12.7. The minimum absolute atomic E-state index is 0.0672. The third-order valence-corrected chi connectivity index (χ3v) is 5.24. The predicted octanol–water partition coefficient (Wildman–Crippen LogP) is 1.44. The maximum Gasteiger partial charge on any atom is 0.304 e. The lowest BCUT2D eigenvalue weighted by molar-refractivity contribution is -0.137. The highest BCUT2D eigenvalue weighted by atomic mass is 32.2. The summed E-state index contributed by atoms with van der Waals surface area (Å²) in [7, 11) is -3.78. The largest absolute Gasteiger partial charge is 0.481 e. The molecule has 0 aromatic carbocycles. The molecule has 0 bridgehead atoms. The smallest absolute Gasteiger partial charge is 0.304 e. The highest BCUT2D eigenvalue weighted by Crippen LogP contribution is 2.25. The normalized spacial score (nSPS) is 12.4. The SMILES string of the molecule is CC(C)N(CCC(=O)O)S(=O)(=O)c1c[nH]c2ncccc12. The number of nitrogens with zero attached hydrogens (tertiary/aromatic N) is 2. The van der Waals surface area contributed by atoms with Gasteiger partial charge in [-0.1, -0.05) is 0 Å². The topological polar surface area (TPSA) is 103 Å². The van der Waals surface area contributed by atoms with Crippen LogP contribution in [0, 0.1) is 0 Å². The summed E-state index contributed by atoms with van der Waals surface area (Å²) in [4.78, 5) is 17.7. The molecule has 2 aromatic rings. The number of carboxylic acids is 1. The van der Waals surface area contributed by atoms with Gasteiger partial charge in [-0.3, -0.25) is 4.79 Å². The van der Waals surface area contributed by atoms with Gasteiger partial charge in [0.2, 0.25) is 10.0 Å². The van der Waals surface area contributed by atoms with Crippen LogP contribution in [0.15, 0.2) is 29.4 Å². The molecule has 7 nitrogen and oxygen atoms in total. The molecule has 0 saturated heterocycles. The van der Waals surface area contributed by atoms with Crippen LogP contribution in [0.1, 0.15) is 20.3 Å². The summed E-state index contributed by atoms with van der Waals surface area (Å²) in [5.74, 6) is -1.03. The van der Waals surface area contributed by atoms with Gasteiger partial charge in [-0.15, -0.1) is 0 Å². The number of carboxylic acid groups (broad SMARTS) is 1. The molecule has 0 aliphatic rings. The van der Waals surface area contributed by atoms with Crippen LogP contribution in [0.25, 0.3) is 11.0 Å². The molecule has 114 valence electrons. The molecule has 2 N–H and O–H groups in total. The van der Waals surface area contributed by atoms with Crippen molar-refractivity contribution in [1.29, 1.82) is 0 Å². The van der Waals surface area contributed by atoms with E-state index in [9.17, 15) is 13.2 Å². The first-order chi connectivity index (χ1) is 9.84. The summed E-state index contributed by atoms with van der Waals surface area (Å²) in [6, 6.07) is 2.99. The van der Waals surface area contributed by atoms with Gasteiger partial charge in [-0.05, 0) is 26.0 Å². The van der Waals surface area contributed by atoms with Gasteiger partial charge in [0.25, 0.3) is 0 Å². The molecule has 0 fully saturated rings. The zero-order valence-electron chi connectivity index (χ0n) is 11.8. The first-order valence-corrected chi connectivity index (χ1v) is 7.94. The fourth-order valence-electron chi connectivity index (χ4n) is 2.13. The van der Waals surface area contributed by atoms with E-state index in [-0.39, 0.29) is 23.9 Å². The van der Waals surface area contributed by atoms with Crippen molar-refractivity contribution in [2.45, 2.75) is 31.2 Å². The Morgan fingerprint density at radius 3 is 2.81 bits per heavy atom. The van der Waals surface area contributed by atoms with E-state index in [0.717, 1.165) is 0 Å². The molecule has 0 atom stereocenters. The van der Waals surface area contributed by atoms with E-state index in [4.69, 9.17) is 5.11 Å². The zero-order valence-corrected chi connectivity index (χ0v) is 12.6. The Hall–Kier alpha value is -1.93. The van der Waals surface area contributed by atoms with Crippen LogP contribution >= 0.6 is 0 Å². The van der Waals surface area contributed by atoms with Crippen LogP contribution in [0.5, 0.6) is 0 Å². The molecule has 21 heavy (non-hydrogen) atoms. The number of hydrogen-bond acceptors (Lipinski definition) is 4. The highest BCUT2D eigenvalue weighted by Gasteiger charge is 2.29. The van der Waals surface area contributed by atoms with Crippen molar-refractivity contribution in [1.82, 2.24) is 14.3 Å². The maximum atomic E-state index is 12.7. The summed E-state index contributed by atoms with van der Waals surface area (Å²) >= 11 is 0. The summed E-state index contributed by atoms with van der Waals surface area (Å²) in [6.45, 7) is 3.36. The molecule has 0 radical (unpaired) electrons. The number of sulfonamides is 1. The summed E-state index contributed by atoms with van der Waals surface area (Å²) < 4.78 is 26.7. The second-order valence-electron chi connectivity index (χ2n) is 4.91. The van der Waals surface area contributed by atoms with Crippen molar-refractivity contribution in [3.63, 3.8) is 0 Å². The highest BCUT2D eigenvalue weighted by molar-refractivity contribution is 7.89. The monoisotopic (exact) mass is 311 g/mol. The van der Waals surface area contributed by atoms with Crippen molar-refractivity contribution in [3.05, 3.63) is 24.5 Å². The van der Waals surface area contributed by atoms with Crippen LogP contribution in [0.4, 0.5) is 0 Å². The van der Waals surface area contributed by atoms with Gasteiger partial charge in [0.15, 0.2) is 0 Å². The number of H-pyrrole nitrogens is 1. The molecule has 2 aromatic heterocycles. The molecule has 0 spiro atoms. The second-order valence-corrected chi connectivity index (χ2v) is 6.76. The number of aliphatic carboxylic acids is 1. The number of pyridine rings is 1. The number of carbonyl (C=O) groups is 1. The van der Waals surface area contributed by atoms with E-state index in [1.807, 2.05) is 0 Å². The first kappa shape index (κ1) is 15.5. The van der Waals surface area contributed by atoms with Crippen molar-refractivity contribution < 1.29 is 18.3 Å². The lowest BCUT2D eigenvalue weighted by atomic mass is 10.3. The Morgan fingerprint density at radius 2 is 2.19 bits per heavy atom. The van der Waals surface area contributed by atoms with Gasteiger partial charge in [0, 0.05) is 30.4 Å². The quantitative estimate of drug-likeness (QED) is 0.840. The van der Waals surface area contributed by atoms with E-state index < -0.39 is 16.0 Å².